The molecular formula is C23H30N2O2. The smallest absolute Gasteiger partial charge is 0.224 e. The van der Waals surface area contributed by atoms with Gasteiger partial charge in [0.1, 0.15) is 5.75 Å². The van der Waals surface area contributed by atoms with E-state index in [1.54, 1.807) is 12.1 Å². The molecule has 0 aliphatic heterocycles. The highest BCUT2D eigenvalue weighted by atomic mass is 16.3. The number of hydrogen-bond donors (Lipinski definition) is 2. The number of likely N-dealkylation sites (N-methyl/N-ethyl adjacent to an activating group) is 1. The molecule has 0 unspecified atom stereocenters. The first-order valence-electron chi connectivity index (χ1n) is 9.59. The van der Waals surface area contributed by atoms with E-state index >= 15 is 0 Å². The normalized spacial score (nSPS) is 22.5. The van der Waals surface area contributed by atoms with Gasteiger partial charge in [0.25, 0.3) is 0 Å². The van der Waals surface area contributed by atoms with Crippen LogP contribution < -0.4 is 5.32 Å². The number of nitrogens with zero attached hydrogens (tertiary/aromatic N) is 1. The molecule has 1 saturated carbocycles. The van der Waals surface area contributed by atoms with Crippen LogP contribution in [-0.2, 0) is 16.6 Å². The van der Waals surface area contributed by atoms with Crippen LogP contribution in [0.5, 0.6) is 5.75 Å². The molecule has 2 aromatic carbocycles. The van der Waals surface area contributed by atoms with Gasteiger partial charge in [0.15, 0.2) is 0 Å². The molecule has 4 nitrogen and oxygen atoms in total. The summed E-state index contributed by atoms with van der Waals surface area (Å²) in [5.74, 6) is 0.494. The Balaban J connectivity index is 1.59. The molecule has 3 rings (SSSR count). The highest BCUT2D eigenvalue weighted by Gasteiger charge is 2.55. The molecule has 1 fully saturated rings. The quantitative estimate of drug-likeness (QED) is 0.791. The maximum absolute atomic E-state index is 12.7. The van der Waals surface area contributed by atoms with Gasteiger partial charge in [0.2, 0.25) is 5.91 Å². The summed E-state index contributed by atoms with van der Waals surface area (Å²) in [6.45, 7) is 4.80. The second-order valence-electron chi connectivity index (χ2n) is 8.22. The van der Waals surface area contributed by atoms with Crippen LogP contribution in [0.15, 0.2) is 48.5 Å². The van der Waals surface area contributed by atoms with E-state index in [9.17, 15) is 9.90 Å². The number of amides is 1. The molecule has 0 saturated heterocycles. The van der Waals surface area contributed by atoms with Crippen LogP contribution in [0, 0.1) is 12.8 Å². The molecule has 27 heavy (non-hydrogen) atoms. The third kappa shape index (κ3) is 4.33. The zero-order valence-corrected chi connectivity index (χ0v) is 16.7. The predicted octanol–water partition coefficient (Wildman–Crippen LogP) is 3.27. The molecule has 4 heteroatoms. The Morgan fingerprint density at radius 3 is 2.59 bits per heavy atom. The molecule has 1 amide bonds. The van der Waals surface area contributed by atoms with Crippen molar-refractivity contribution in [2.75, 3.05) is 20.6 Å². The number of aryl methyl sites for hydroxylation is 1. The van der Waals surface area contributed by atoms with Crippen molar-refractivity contribution in [3.8, 4) is 5.75 Å². The van der Waals surface area contributed by atoms with Crippen molar-refractivity contribution in [2.24, 2.45) is 5.92 Å². The number of hydrogen-bond acceptors (Lipinski definition) is 3. The second kappa shape index (κ2) is 7.73. The van der Waals surface area contributed by atoms with Crippen LogP contribution in [-0.4, -0.2) is 42.6 Å². The number of carbonyl (C=O) groups is 1. The zero-order valence-electron chi connectivity index (χ0n) is 16.7. The van der Waals surface area contributed by atoms with E-state index in [0.29, 0.717) is 12.3 Å². The molecule has 3 atom stereocenters. The molecule has 0 aromatic heterocycles. The number of phenols is 1. The monoisotopic (exact) mass is 366 g/mol. The van der Waals surface area contributed by atoms with Crippen molar-refractivity contribution in [3.05, 3.63) is 65.2 Å². The number of rotatable bonds is 7. The minimum atomic E-state index is -0.0352. The van der Waals surface area contributed by atoms with Gasteiger partial charge >= 0.3 is 0 Å². The SMILES string of the molecule is Cc1cc(O)ccc1C[C@@H](CNC(=O)[C@@H]1C[C@]1(C)c1ccccc1)N(C)C. The fourth-order valence-corrected chi connectivity index (χ4v) is 3.83. The fraction of sp³-hybridized carbons (Fsp3) is 0.435. The first-order chi connectivity index (χ1) is 12.8. The van der Waals surface area contributed by atoms with Gasteiger partial charge in [-0.25, -0.2) is 0 Å². The predicted molar refractivity (Wildman–Crippen MR) is 109 cm³/mol. The van der Waals surface area contributed by atoms with Crippen LogP contribution in [0.25, 0.3) is 0 Å². The minimum Gasteiger partial charge on any atom is -0.508 e. The molecule has 0 spiro atoms. The van der Waals surface area contributed by atoms with Crippen molar-refractivity contribution >= 4 is 5.91 Å². The second-order valence-corrected chi connectivity index (χ2v) is 8.22. The lowest BCUT2D eigenvalue weighted by atomic mass is 9.95. The van der Waals surface area contributed by atoms with Crippen LogP contribution in [0.3, 0.4) is 0 Å². The third-order valence-electron chi connectivity index (χ3n) is 6.01. The average Bonchev–Trinajstić information content (AvgIpc) is 3.34. The molecule has 1 aliphatic carbocycles. The highest BCUT2D eigenvalue weighted by molar-refractivity contribution is 5.84. The maximum Gasteiger partial charge on any atom is 0.224 e. The van der Waals surface area contributed by atoms with Crippen molar-refractivity contribution in [1.82, 2.24) is 10.2 Å². The summed E-state index contributed by atoms with van der Waals surface area (Å²) >= 11 is 0. The largest absolute Gasteiger partial charge is 0.508 e. The lowest BCUT2D eigenvalue weighted by molar-refractivity contribution is -0.122. The summed E-state index contributed by atoms with van der Waals surface area (Å²) in [7, 11) is 4.08. The van der Waals surface area contributed by atoms with Crippen molar-refractivity contribution in [3.63, 3.8) is 0 Å². The molecule has 0 bridgehead atoms. The summed E-state index contributed by atoms with van der Waals surface area (Å²) in [5, 5.41) is 12.8. The Bertz CT molecular complexity index is 803. The summed E-state index contributed by atoms with van der Waals surface area (Å²) in [6, 6.07) is 16.0. The van der Waals surface area contributed by atoms with E-state index in [4.69, 9.17) is 0 Å². The van der Waals surface area contributed by atoms with E-state index in [1.807, 2.05) is 45.3 Å². The topological polar surface area (TPSA) is 52.6 Å². The highest BCUT2D eigenvalue weighted by Crippen LogP contribution is 2.53. The number of carbonyl (C=O) groups excluding carboxylic acids is 1. The van der Waals surface area contributed by atoms with E-state index in [2.05, 4.69) is 29.3 Å². The molecule has 144 valence electrons. The Labute approximate surface area is 162 Å². The van der Waals surface area contributed by atoms with E-state index in [1.165, 1.54) is 11.1 Å². The summed E-state index contributed by atoms with van der Waals surface area (Å²) < 4.78 is 0. The summed E-state index contributed by atoms with van der Waals surface area (Å²) in [5.41, 5.74) is 3.48. The van der Waals surface area contributed by atoms with Crippen molar-refractivity contribution in [1.29, 1.82) is 0 Å². The standard InChI is InChI=1S/C23H30N2O2/c1-16-12-20(26)11-10-17(16)13-19(25(3)4)15-24-22(27)21-14-23(21,2)18-8-6-5-7-9-18/h5-12,19,21,26H,13-15H2,1-4H3,(H,24,27)/t19-,21-,23+/m0/s1. The Kier molecular flexibility index (Phi) is 5.56. The van der Waals surface area contributed by atoms with Gasteiger partial charge in [0.05, 0.1) is 0 Å². The minimum absolute atomic E-state index is 0.0352. The molecule has 0 heterocycles. The molecule has 0 radical (unpaired) electrons. The van der Waals surface area contributed by atoms with Gasteiger partial charge in [-0.05, 0) is 62.7 Å². The Morgan fingerprint density at radius 2 is 1.96 bits per heavy atom. The van der Waals surface area contributed by atoms with Gasteiger partial charge < -0.3 is 15.3 Å². The first-order valence-corrected chi connectivity index (χ1v) is 9.59. The number of aromatic hydroxyl groups is 1. The zero-order chi connectivity index (χ0) is 19.6. The lowest BCUT2D eigenvalue weighted by Gasteiger charge is -2.25. The van der Waals surface area contributed by atoms with Crippen LogP contribution in [0.2, 0.25) is 0 Å². The number of phenolic OH excluding ortho intramolecular Hbond substituents is 1. The van der Waals surface area contributed by atoms with Crippen molar-refractivity contribution in [2.45, 2.75) is 38.1 Å². The molecule has 2 aromatic rings. The third-order valence-corrected chi connectivity index (χ3v) is 6.01. The van der Waals surface area contributed by atoms with E-state index < -0.39 is 0 Å². The average molecular weight is 367 g/mol. The molecule has 1 aliphatic rings. The van der Waals surface area contributed by atoms with Gasteiger partial charge in [-0.2, -0.15) is 0 Å². The van der Waals surface area contributed by atoms with Crippen LogP contribution in [0.4, 0.5) is 0 Å². The number of nitrogens with one attached hydrogen (secondary N) is 1. The lowest BCUT2D eigenvalue weighted by Crippen LogP contribution is -2.42. The summed E-state index contributed by atoms with van der Waals surface area (Å²) in [4.78, 5) is 14.9. The Hall–Kier alpha value is -2.33. The van der Waals surface area contributed by atoms with E-state index in [-0.39, 0.29) is 23.3 Å². The van der Waals surface area contributed by atoms with Gasteiger partial charge in [-0.3, -0.25) is 4.79 Å². The summed E-state index contributed by atoms with van der Waals surface area (Å²) in [6.07, 6.45) is 1.74. The first kappa shape index (κ1) is 19.4. The van der Waals surface area contributed by atoms with Crippen molar-refractivity contribution < 1.29 is 9.90 Å². The van der Waals surface area contributed by atoms with Gasteiger partial charge in [-0.1, -0.05) is 43.3 Å². The molecule has 2 N–H and O–H groups in total. The molecular weight excluding hydrogens is 336 g/mol. The fourth-order valence-electron chi connectivity index (χ4n) is 3.83. The van der Waals surface area contributed by atoms with E-state index in [0.717, 1.165) is 18.4 Å². The van der Waals surface area contributed by atoms with Crippen LogP contribution in [0.1, 0.15) is 30.0 Å². The van der Waals surface area contributed by atoms with Gasteiger partial charge in [0, 0.05) is 23.9 Å². The van der Waals surface area contributed by atoms with Crippen LogP contribution >= 0.6 is 0 Å². The van der Waals surface area contributed by atoms with Gasteiger partial charge in [-0.15, -0.1) is 0 Å². The number of benzene rings is 2. The maximum atomic E-state index is 12.7. The Morgan fingerprint density at radius 1 is 1.26 bits per heavy atom.